The van der Waals surface area contributed by atoms with Crippen LogP contribution in [0.4, 0.5) is 5.69 Å². The minimum Gasteiger partial charge on any atom is -0.324 e. The summed E-state index contributed by atoms with van der Waals surface area (Å²) in [5.74, 6) is -0.183. The fourth-order valence-corrected chi connectivity index (χ4v) is 2.79. The maximum Gasteiger partial charge on any atom is 0.237 e. The number of thioether (sulfide) groups is 1. The van der Waals surface area contributed by atoms with Crippen LogP contribution in [0.25, 0.3) is 0 Å². The second-order valence-electron chi connectivity index (χ2n) is 5.21. The van der Waals surface area contributed by atoms with Gasteiger partial charge >= 0.3 is 0 Å². The Labute approximate surface area is 140 Å². The van der Waals surface area contributed by atoms with E-state index in [4.69, 9.17) is 5.26 Å². The summed E-state index contributed by atoms with van der Waals surface area (Å²) in [6, 6.07) is 8.99. The lowest BCUT2D eigenvalue weighted by Crippen LogP contribution is -2.23. The monoisotopic (exact) mass is 326 g/mol. The molecule has 1 N–H and O–H groups in total. The molecule has 23 heavy (non-hydrogen) atoms. The van der Waals surface area contributed by atoms with Gasteiger partial charge in [-0.1, -0.05) is 23.9 Å². The lowest BCUT2D eigenvalue weighted by atomic mass is 10.2. The topological polar surface area (TPSA) is 78.7 Å². The van der Waals surface area contributed by atoms with Gasteiger partial charge in [-0.15, -0.1) is 0 Å². The number of amides is 1. The van der Waals surface area contributed by atoms with Crippen LogP contribution in [0.2, 0.25) is 0 Å². The molecule has 0 fully saturated rings. The van der Waals surface area contributed by atoms with Crippen LogP contribution in [-0.2, 0) is 4.79 Å². The third kappa shape index (κ3) is 4.08. The second kappa shape index (κ2) is 7.25. The van der Waals surface area contributed by atoms with Gasteiger partial charge in [0.05, 0.1) is 16.5 Å². The summed E-state index contributed by atoms with van der Waals surface area (Å²) in [7, 11) is 0. The number of aromatic nitrogens is 2. The maximum absolute atomic E-state index is 12.3. The van der Waals surface area contributed by atoms with E-state index < -0.39 is 0 Å². The summed E-state index contributed by atoms with van der Waals surface area (Å²) in [6.45, 7) is 7.64. The molecule has 0 radical (unpaired) electrons. The number of hydrogen-bond donors (Lipinski definition) is 1. The molecule has 2 rings (SSSR count). The second-order valence-corrected chi connectivity index (χ2v) is 6.52. The van der Waals surface area contributed by atoms with Crippen molar-refractivity contribution in [2.75, 3.05) is 5.32 Å². The van der Waals surface area contributed by atoms with E-state index in [9.17, 15) is 4.79 Å². The quantitative estimate of drug-likeness (QED) is 0.688. The molecule has 1 unspecified atom stereocenters. The van der Waals surface area contributed by atoms with Gasteiger partial charge in [-0.2, -0.15) is 5.26 Å². The van der Waals surface area contributed by atoms with E-state index in [0.29, 0.717) is 16.4 Å². The van der Waals surface area contributed by atoms with Gasteiger partial charge in [0.1, 0.15) is 6.07 Å². The summed E-state index contributed by atoms with van der Waals surface area (Å²) in [5.41, 5.74) is 3.86. The normalized spacial score (nSPS) is 11.6. The number of aryl methyl sites for hydroxylation is 2. The van der Waals surface area contributed by atoms with Gasteiger partial charge in [0.15, 0.2) is 5.16 Å². The summed E-state index contributed by atoms with van der Waals surface area (Å²) in [5, 5.41) is 12.1. The number of benzene rings is 1. The highest BCUT2D eigenvalue weighted by molar-refractivity contribution is 8.00. The molecule has 2 aromatic rings. The van der Waals surface area contributed by atoms with Gasteiger partial charge in [0.25, 0.3) is 0 Å². The number of carbonyl (C=O) groups excluding carboxylic acids is 1. The van der Waals surface area contributed by atoms with Crippen LogP contribution in [0, 0.1) is 32.1 Å². The number of hydrogen-bond acceptors (Lipinski definition) is 5. The van der Waals surface area contributed by atoms with Crippen molar-refractivity contribution in [3.63, 3.8) is 0 Å². The van der Waals surface area contributed by atoms with Crippen molar-refractivity contribution >= 4 is 23.4 Å². The first-order valence-electron chi connectivity index (χ1n) is 7.21. The zero-order valence-corrected chi connectivity index (χ0v) is 14.4. The van der Waals surface area contributed by atoms with Gasteiger partial charge in [0.2, 0.25) is 5.91 Å². The minimum absolute atomic E-state index is 0.183. The van der Waals surface area contributed by atoms with Crippen molar-refractivity contribution in [2.45, 2.75) is 38.1 Å². The number of para-hydroxylation sites is 1. The van der Waals surface area contributed by atoms with Crippen molar-refractivity contribution in [3.8, 4) is 6.07 Å². The molecule has 1 aromatic heterocycles. The maximum atomic E-state index is 12.3. The fourth-order valence-electron chi connectivity index (χ4n) is 1.93. The molecular weight excluding hydrogens is 308 g/mol. The number of nitrogens with zero attached hydrogens (tertiary/aromatic N) is 3. The number of carbonyl (C=O) groups is 1. The van der Waals surface area contributed by atoms with E-state index in [1.807, 2.05) is 20.8 Å². The third-order valence-electron chi connectivity index (χ3n) is 3.57. The first kappa shape index (κ1) is 17.0. The van der Waals surface area contributed by atoms with E-state index in [1.54, 1.807) is 31.2 Å². The van der Waals surface area contributed by atoms with Crippen LogP contribution >= 0.6 is 11.8 Å². The van der Waals surface area contributed by atoms with Crippen LogP contribution in [0.3, 0.4) is 0 Å². The van der Waals surface area contributed by atoms with Crippen LogP contribution in [0.15, 0.2) is 29.4 Å². The Morgan fingerprint density at radius 2 is 1.83 bits per heavy atom. The zero-order chi connectivity index (χ0) is 17.0. The number of anilines is 1. The van der Waals surface area contributed by atoms with E-state index >= 15 is 0 Å². The Morgan fingerprint density at radius 3 is 2.43 bits per heavy atom. The molecule has 1 atom stereocenters. The molecule has 1 heterocycles. The summed E-state index contributed by atoms with van der Waals surface area (Å²) >= 11 is 1.30. The highest BCUT2D eigenvalue weighted by Gasteiger charge is 2.18. The third-order valence-corrected chi connectivity index (χ3v) is 4.53. The predicted octanol–water partition coefficient (Wildman–Crippen LogP) is 3.39. The van der Waals surface area contributed by atoms with Crippen molar-refractivity contribution < 1.29 is 4.79 Å². The summed E-state index contributed by atoms with van der Waals surface area (Å²) < 4.78 is 0. The average Bonchev–Trinajstić information content (AvgIpc) is 2.53. The molecule has 0 aliphatic carbocycles. The first-order valence-corrected chi connectivity index (χ1v) is 8.09. The highest BCUT2D eigenvalue weighted by Crippen LogP contribution is 2.23. The largest absolute Gasteiger partial charge is 0.324 e. The molecule has 118 valence electrons. The number of nitrogens with one attached hydrogen (secondary N) is 1. The average molecular weight is 326 g/mol. The van der Waals surface area contributed by atoms with Crippen LogP contribution in [0.5, 0.6) is 0 Å². The number of nitriles is 1. The Balaban J connectivity index is 2.10. The van der Waals surface area contributed by atoms with Crippen molar-refractivity contribution in [1.82, 2.24) is 9.97 Å². The molecule has 0 aliphatic rings. The van der Waals surface area contributed by atoms with E-state index in [2.05, 4.69) is 21.4 Å². The van der Waals surface area contributed by atoms with E-state index in [-0.39, 0.29) is 11.2 Å². The molecule has 0 saturated heterocycles. The van der Waals surface area contributed by atoms with Gasteiger partial charge in [0, 0.05) is 11.4 Å². The molecule has 5 nitrogen and oxygen atoms in total. The van der Waals surface area contributed by atoms with Crippen LogP contribution < -0.4 is 5.32 Å². The molecule has 0 bridgehead atoms. The van der Waals surface area contributed by atoms with E-state index in [0.717, 1.165) is 17.0 Å². The molecule has 1 aromatic carbocycles. The van der Waals surface area contributed by atoms with Gasteiger partial charge in [-0.05, 0) is 45.4 Å². The number of rotatable bonds is 4. The molecular formula is C17H18N4OS. The Bertz CT molecular complexity index is 759. The lowest BCUT2D eigenvalue weighted by molar-refractivity contribution is -0.115. The highest BCUT2D eigenvalue weighted by atomic mass is 32.2. The van der Waals surface area contributed by atoms with Gasteiger partial charge in [-0.3, -0.25) is 4.79 Å². The van der Waals surface area contributed by atoms with Crippen molar-refractivity contribution in [3.05, 3.63) is 46.8 Å². The molecule has 1 amide bonds. The van der Waals surface area contributed by atoms with E-state index in [1.165, 1.54) is 11.8 Å². The lowest BCUT2D eigenvalue weighted by Gasteiger charge is -2.13. The molecule has 0 saturated carbocycles. The van der Waals surface area contributed by atoms with Crippen molar-refractivity contribution in [2.24, 2.45) is 0 Å². The Kier molecular flexibility index (Phi) is 5.35. The predicted molar refractivity (Wildman–Crippen MR) is 91.3 cm³/mol. The molecule has 0 spiro atoms. The molecule has 6 heteroatoms. The zero-order valence-electron chi connectivity index (χ0n) is 13.5. The smallest absolute Gasteiger partial charge is 0.237 e. The van der Waals surface area contributed by atoms with Crippen LogP contribution in [0.1, 0.15) is 29.4 Å². The van der Waals surface area contributed by atoms with Gasteiger partial charge < -0.3 is 5.32 Å². The van der Waals surface area contributed by atoms with Gasteiger partial charge in [-0.25, -0.2) is 9.97 Å². The molecule has 0 aliphatic heterocycles. The summed E-state index contributed by atoms with van der Waals surface area (Å²) in [4.78, 5) is 21.2. The standard InChI is InChI=1S/C17H18N4OS/c1-10-11(2)19-17(20-12(10)3)23-13(4)16(22)21-15-8-6-5-7-14(15)9-18/h5-8,13H,1-4H3,(H,21,22). The van der Waals surface area contributed by atoms with Crippen LogP contribution in [-0.4, -0.2) is 21.1 Å². The fraction of sp³-hybridized carbons (Fsp3) is 0.294. The minimum atomic E-state index is -0.372. The Hall–Kier alpha value is -2.39. The first-order chi connectivity index (χ1) is 10.9. The summed E-state index contributed by atoms with van der Waals surface area (Å²) in [6.07, 6.45) is 0. The SMILES string of the molecule is Cc1nc(SC(C)C(=O)Nc2ccccc2C#N)nc(C)c1C. The Morgan fingerprint density at radius 1 is 1.22 bits per heavy atom. The van der Waals surface area contributed by atoms with Crippen molar-refractivity contribution in [1.29, 1.82) is 5.26 Å².